The van der Waals surface area contributed by atoms with E-state index in [9.17, 15) is 0 Å². The Kier molecular flexibility index (Phi) is 5.09. The van der Waals surface area contributed by atoms with Gasteiger partial charge in [-0.25, -0.2) is 4.98 Å². The number of anilines is 1. The number of aromatic nitrogens is 1. The van der Waals surface area contributed by atoms with Gasteiger partial charge in [0.15, 0.2) is 0 Å². The van der Waals surface area contributed by atoms with Crippen molar-refractivity contribution < 1.29 is 4.74 Å². The van der Waals surface area contributed by atoms with E-state index in [0.29, 0.717) is 12.1 Å². The molecule has 1 aliphatic carbocycles. The van der Waals surface area contributed by atoms with E-state index in [4.69, 9.17) is 9.72 Å². The lowest BCUT2D eigenvalue weighted by molar-refractivity contribution is -0.00899. The van der Waals surface area contributed by atoms with Gasteiger partial charge in [-0.15, -0.1) is 0 Å². The van der Waals surface area contributed by atoms with Crippen LogP contribution < -0.4 is 10.2 Å². The minimum absolute atomic E-state index is 0.413. The molecule has 3 rings (SSSR count). The van der Waals surface area contributed by atoms with E-state index in [-0.39, 0.29) is 0 Å². The van der Waals surface area contributed by atoms with Gasteiger partial charge in [0.05, 0.1) is 24.4 Å². The molecule has 0 amide bonds. The highest BCUT2D eigenvalue weighted by molar-refractivity contribution is 5.41. The van der Waals surface area contributed by atoms with Gasteiger partial charge >= 0.3 is 0 Å². The third-order valence-electron chi connectivity index (χ3n) is 4.55. The largest absolute Gasteiger partial charge is 0.374 e. The molecule has 21 heavy (non-hydrogen) atoms. The SMILES string of the molecule is CCCNCc1cccc(N2CCOC3CCCCC32)n1. The molecule has 2 fully saturated rings. The quantitative estimate of drug-likeness (QED) is 0.846. The normalized spacial score (nSPS) is 25.7. The number of nitrogens with zero attached hydrogens (tertiary/aromatic N) is 2. The molecule has 2 heterocycles. The fourth-order valence-electron chi connectivity index (χ4n) is 3.50. The lowest BCUT2D eigenvalue weighted by Gasteiger charge is -2.44. The van der Waals surface area contributed by atoms with E-state index in [1.54, 1.807) is 0 Å². The molecule has 0 aromatic carbocycles. The van der Waals surface area contributed by atoms with E-state index in [1.165, 1.54) is 25.7 Å². The first-order chi connectivity index (χ1) is 10.4. The van der Waals surface area contributed by atoms with Crippen LogP contribution in [0.5, 0.6) is 0 Å². The molecule has 0 spiro atoms. The predicted molar refractivity (Wildman–Crippen MR) is 85.6 cm³/mol. The Morgan fingerprint density at radius 3 is 3.14 bits per heavy atom. The number of rotatable bonds is 5. The highest BCUT2D eigenvalue weighted by Crippen LogP contribution is 2.31. The number of hydrogen-bond donors (Lipinski definition) is 1. The summed E-state index contributed by atoms with van der Waals surface area (Å²) in [6.45, 7) is 5.91. The Balaban J connectivity index is 1.71. The maximum Gasteiger partial charge on any atom is 0.129 e. The number of pyridine rings is 1. The van der Waals surface area contributed by atoms with Crippen LogP contribution >= 0.6 is 0 Å². The van der Waals surface area contributed by atoms with Crippen LogP contribution in [0.2, 0.25) is 0 Å². The predicted octanol–water partition coefficient (Wildman–Crippen LogP) is 2.73. The van der Waals surface area contributed by atoms with Crippen molar-refractivity contribution in [3.05, 3.63) is 23.9 Å². The van der Waals surface area contributed by atoms with Crippen molar-refractivity contribution in [1.29, 1.82) is 0 Å². The second kappa shape index (κ2) is 7.23. The van der Waals surface area contributed by atoms with E-state index in [2.05, 4.69) is 35.3 Å². The van der Waals surface area contributed by atoms with Gasteiger partial charge in [-0.2, -0.15) is 0 Å². The minimum Gasteiger partial charge on any atom is -0.374 e. The molecule has 1 N–H and O–H groups in total. The van der Waals surface area contributed by atoms with E-state index >= 15 is 0 Å². The Labute approximate surface area is 127 Å². The van der Waals surface area contributed by atoms with Crippen molar-refractivity contribution in [3.8, 4) is 0 Å². The standard InChI is InChI=1S/C17H27N3O/c1-2-10-18-13-14-6-5-9-17(19-14)20-11-12-21-16-8-4-3-7-15(16)20/h5-6,9,15-16,18H,2-4,7-8,10-13H2,1H3. The minimum atomic E-state index is 0.413. The maximum atomic E-state index is 5.96. The third kappa shape index (κ3) is 3.55. The third-order valence-corrected chi connectivity index (χ3v) is 4.55. The molecule has 2 aliphatic rings. The molecule has 4 nitrogen and oxygen atoms in total. The number of ether oxygens (including phenoxy) is 1. The van der Waals surface area contributed by atoms with Crippen molar-refractivity contribution >= 4 is 5.82 Å². The molecule has 116 valence electrons. The first-order valence-corrected chi connectivity index (χ1v) is 8.43. The zero-order chi connectivity index (χ0) is 14.5. The molecule has 0 bridgehead atoms. The Morgan fingerprint density at radius 1 is 1.33 bits per heavy atom. The molecule has 1 aromatic heterocycles. The first kappa shape index (κ1) is 14.8. The van der Waals surface area contributed by atoms with E-state index < -0.39 is 0 Å². The number of fused-ring (bicyclic) bond motifs is 1. The molecule has 1 saturated heterocycles. The summed E-state index contributed by atoms with van der Waals surface area (Å²) in [7, 11) is 0. The zero-order valence-electron chi connectivity index (χ0n) is 13.1. The summed E-state index contributed by atoms with van der Waals surface area (Å²) in [4.78, 5) is 7.35. The topological polar surface area (TPSA) is 37.4 Å². The summed E-state index contributed by atoms with van der Waals surface area (Å²) in [5, 5.41) is 3.43. The molecule has 2 atom stereocenters. The Bertz CT molecular complexity index is 449. The average molecular weight is 289 g/mol. The number of nitrogens with one attached hydrogen (secondary N) is 1. The average Bonchev–Trinajstić information content (AvgIpc) is 2.55. The van der Waals surface area contributed by atoms with Crippen molar-refractivity contribution in [1.82, 2.24) is 10.3 Å². The van der Waals surface area contributed by atoms with Crippen LogP contribution in [-0.4, -0.2) is 36.8 Å². The van der Waals surface area contributed by atoms with Crippen LogP contribution in [0.25, 0.3) is 0 Å². The molecule has 0 radical (unpaired) electrons. The van der Waals surface area contributed by atoms with Crippen LogP contribution in [-0.2, 0) is 11.3 Å². The molecular formula is C17H27N3O. The van der Waals surface area contributed by atoms with Crippen molar-refractivity contribution in [3.63, 3.8) is 0 Å². The molecule has 1 aliphatic heterocycles. The lowest BCUT2D eigenvalue weighted by atomic mass is 9.90. The smallest absolute Gasteiger partial charge is 0.129 e. The molecule has 4 heteroatoms. The highest BCUT2D eigenvalue weighted by Gasteiger charge is 2.34. The maximum absolute atomic E-state index is 5.96. The molecule has 2 unspecified atom stereocenters. The van der Waals surface area contributed by atoms with Gasteiger partial charge in [0, 0.05) is 13.1 Å². The van der Waals surface area contributed by atoms with Gasteiger partial charge in [0.25, 0.3) is 0 Å². The van der Waals surface area contributed by atoms with Crippen molar-refractivity contribution in [2.45, 2.75) is 57.7 Å². The van der Waals surface area contributed by atoms with Crippen LogP contribution in [0.4, 0.5) is 5.82 Å². The number of hydrogen-bond acceptors (Lipinski definition) is 4. The first-order valence-electron chi connectivity index (χ1n) is 8.43. The van der Waals surface area contributed by atoms with Crippen LogP contribution in [0.15, 0.2) is 18.2 Å². The highest BCUT2D eigenvalue weighted by atomic mass is 16.5. The number of morpholine rings is 1. The lowest BCUT2D eigenvalue weighted by Crippen LogP contribution is -2.53. The second-order valence-corrected chi connectivity index (χ2v) is 6.12. The van der Waals surface area contributed by atoms with Gasteiger partial charge in [-0.3, -0.25) is 0 Å². The van der Waals surface area contributed by atoms with Gasteiger partial charge in [0.2, 0.25) is 0 Å². The van der Waals surface area contributed by atoms with Crippen molar-refractivity contribution in [2.24, 2.45) is 0 Å². The van der Waals surface area contributed by atoms with Gasteiger partial charge in [-0.05, 0) is 37.9 Å². The van der Waals surface area contributed by atoms with Crippen LogP contribution in [0.3, 0.4) is 0 Å². The van der Waals surface area contributed by atoms with E-state index in [1.807, 2.05) is 0 Å². The van der Waals surface area contributed by atoms with Gasteiger partial charge in [0.1, 0.15) is 5.82 Å². The summed E-state index contributed by atoms with van der Waals surface area (Å²) >= 11 is 0. The monoisotopic (exact) mass is 289 g/mol. The fourth-order valence-corrected chi connectivity index (χ4v) is 3.50. The molecule has 1 saturated carbocycles. The van der Waals surface area contributed by atoms with E-state index in [0.717, 1.165) is 44.2 Å². The van der Waals surface area contributed by atoms with Gasteiger partial charge < -0.3 is 15.0 Å². The van der Waals surface area contributed by atoms with Gasteiger partial charge in [-0.1, -0.05) is 25.8 Å². The summed E-state index contributed by atoms with van der Waals surface area (Å²) in [6, 6.07) is 6.93. The van der Waals surface area contributed by atoms with Crippen LogP contribution in [0, 0.1) is 0 Å². The zero-order valence-corrected chi connectivity index (χ0v) is 13.1. The summed E-state index contributed by atoms with van der Waals surface area (Å²) in [5.41, 5.74) is 1.14. The summed E-state index contributed by atoms with van der Waals surface area (Å²) < 4.78 is 5.96. The Hall–Kier alpha value is -1.13. The van der Waals surface area contributed by atoms with Crippen molar-refractivity contribution in [2.75, 3.05) is 24.6 Å². The summed E-state index contributed by atoms with van der Waals surface area (Å²) in [5.74, 6) is 1.13. The molecule has 1 aromatic rings. The second-order valence-electron chi connectivity index (χ2n) is 6.12. The summed E-state index contributed by atoms with van der Waals surface area (Å²) in [6.07, 6.45) is 6.65. The van der Waals surface area contributed by atoms with Crippen LogP contribution in [0.1, 0.15) is 44.7 Å². The Morgan fingerprint density at radius 2 is 2.24 bits per heavy atom. The molecular weight excluding hydrogens is 262 g/mol. The fraction of sp³-hybridized carbons (Fsp3) is 0.706.